The fourth-order valence-corrected chi connectivity index (χ4v) is 3.78. The zero-order chi connectivity index (χ0) is 20.4. The number of hydroxylamine groups is 3. The second kappa shape index (κ2) is 11.2. The molecule has 0 fully saturated rings. The number of hydrogen-bond acceptors (Lipinski definition) is 2. The molecule has 28 heavy (non-hydrogen) atoms. The van der Waals surface area contributed by atoms with Crippen molar-refractivity contribution in [1.29, 1.82) is 0 Å². The summed E-state index contributed by atoms with van der Waals surface area (Å²) >= 11 is 0. The lowest BCUT2D eigenvalue weighted by atomic mass is 9.94. The van der Waals surface area contributed by atoms with Gasteiger partial charge in [0.1, 0.15) is 31.5 Å². The molecule has 3 nitrogen and oxygen atoms in total. The fourth-order valence-electron chi connectivity index (χ4n) is 3.78. The molecule has 0 saturated heterocycles. The van der Waals surface area contributed by atoms with Crippen LogP contribution in [0.1, 0.15) is 46.1 Å². The fraction of sp³-hybridized carbons (Fsp3) is 0.520. The Bertz CT molecular complexity index is 647. The van der Waals surface area contributed by atoms with Crippen molar-refractivity contribution in [2.75, 3.05) is 20.3 Å². The van der Waals surface area contributed by atoms with Crippen LogP contribution in [0, 0.1) is 11.8 Å². The van der Waals surface area contributed by atoms with Gasteiger partial charge in [-0.15, -0.1) is 0 Å². The summed E-state index contributed by atoms with van der Waals surface area (Å²) in [5.41, 5.74) is 1.31. The Balaban J connectivity index is 2.09. The summed E-state index contributed by atoms with van der Waals surface area (Å²) < 4.78 is 6.45. The molecule has 0 radical (unpaired) electrons. The summed E-state index contributed by atoms with van der Waals surface area (Å²) in [5, 5.41) is 0. The van der Waals surface area contributed by atoms with Crippen molar-refractivity contribution < 1.29 is 14.2 Å². The van der Waals surface area contributed by atoms with Gasteiger partial charge in [-0.25, -0.2) is 0 Å². The van der Waals surface area contributed by atoms with E-state index in [0.29, 0.717) is 35.7 Å². The molecule has 0 aliphatic heterocycles. The smallest absolute Gasteiger partial charge is 0.140 e. The van der Waals surface area contributed by atoms with Crippen LogP contribution < -0.4 is 4.74 Å². The molecule has 0 saturated carbocycles. The summed E-state index contributed by atoms with van der Waals surface area (Å²) in [7, 11) is 2.24. The first-order valence-corrected chi connectivity index (χ1v) is 10.6. The van der Waals surface area contributed by atoms with E-state index >= 15 is 0 Å². The summed E-state index contributed by atoms with van der Waals surface area (Å²) in [6.45, 7) is 11.2. The lowest BCUT2D eigenvalue weighted by molar-refractivity contribution is -1.12. The Kier molecular flexibility index (Phi) is 9.01. The number of nitrogens with zero attached hydrogens (tertiary/aromatic N) is 1. The van der Waals surface area contributed by atoms with Gasteiger partial charge in [0.05, 0.1) is 7.05 Å². The lowest BCUT2D eigenvalue weighted by Crippen LogP contribution is -2.53. The average molecular weight is 385 g/mol. The summed E-state index contributed by atoms with van der Waals surface area (Å²) in [6.07, 6.45) is 2.31. The van der Waals surface area contributed by atoms with Crippen molar-refractivity contribution in [2.24, 2.45) is 11.8 Å². The molecule has 2 aromatic rings. The van der Waals surface area contributed by atoms with Crippen LogP contribution in [0.5, 0.6) is 5.75 Å². The van der Waals surface area contributed by atoms with Crippen LogP contribution in [0.2, 0.25) is 0 Å². The van der Waals surface area contributed by atoms with Gasteiger partial charge in [-0.1, -0.05) is 76.2 Å². The van der Waals surface area contributed by atoms with Gasteiger partial charge in [0.2, 0.25) is 0 Å². The molecule has 3 heteroatoms. The van der Waals surface area contributed by atoms with Gasteiger partial charge in [0.25, 0.3) is 0 Å². The molecular weight excluding hydrogens is 346 g/mol. The Morgan fingerprint density at radius 1 is 0.750 bits per heavy atom. The lowest BCUT2D eigenvalue weighted by Gasteiger charge is -2.40. The molecule has 0 bridgehead atoms. The molecule has 0 aliphatic rings. The average Bonchev–Trinajstić information content (AvgIpc) is 2.66. The molecule has 0 spiro atoms. The SMILES string of the molecule is CC(C)CC(CC(C)C)[N+](C)(Cc1ccccc1)OCCOc1ccccc1. The summed E-state index contributed by atoms with van der Waals surface area (Å²) in [5.74, 6) is 2.17. The van der Waals surface area contributed by atoms with Crippen LogP contribution in [0.15, 0.2) is 60.7 Å². The van der Waals surface area contributed by atoms with E-state index in [9.17, 15) is 0 Å². The molecule has 0 N–H and O–H groups in total. The normalized spacial score (nSPS) is 13.9. The number of quaternary nitrogens is 1. The number of hydrogen-bond donors (Lipinski definition) is 0. The number of rotatable bonds is 12. The molecule has 154 valence electrons. The minimum absolute atomic E-state index is 0.455. The molecule has 0 aliphatic carbocycles. The van der Waals surface area contributed by atoms with E-state index in [0.717, 1.165) is 25.1 Å². The Labute approximate surface area is 171 Å². The quantitative estimate of drug-likeness (QED) is 0.250. The zero-order valence-electron chi connectivity index (χ0n) is 18.3. The molecule has 0 amide bonds. The number of ether oxygens (including phenoxy) is 1. The molecule has 0 heterocycles. The third-order valence-corrected chi connectivity index (χ3v) is 5.08. The number of benzene rings is 2. The second-order valence-electron chi connectivity index (χ2n) is 8.73. The maximum atomic E-state index is 6.53. The third-order valence-electron chi connectivity index (χ3n) is 5.08. The Hall–Kier alpha value is -1.84. The van der Waals surface area contributed by atoms with E-state index in [1.165, 1.54) is 5.56 Å². The Morgan fingerprint density at radius 2 is 1.29 bits per heavy atom. The topological polar surface area (TPSA) is 18.5 Å². The highest BCUT2D eigenvalue weighted by Crippen LogP contribution is 2.28. The minimum atomic E-state index is 0.455. The highest BCUT2D eigenvalue weighted by molar-refractivity contribution is 5.20. The molecule has 2 aromatic carbocycles. The predicted octanol–water partition coefficient (Wildman–Crippen LogP) is 6.10. The van der Waals surface area contributed by atoms with Crippen molar-refractivity contribution in [2.45, 2.75) is 53.1 Å². The maximum Gasteiger partial charge on any atom is 0.140 e. The van der Waals surface area contributed by atoms with E-state index in [-0.39, 0.29) is 0 Å². The van der Waals surface area contributed by atoms with Crippen molar-refractivity contribution in [3.63, 3.8) is 0 Å². The molecule has 1 unspecified atom stereocenters. The van der Waals surface area contributed by atoms with Crippen LogP contribution in [-0.2, 0) is 11.4 Å². The van der Waals surface area contributed by atoms with Crippen LogP contribution in [0.4, 0.5) is 0 Å². The monoisotopic (exact) mass is 384 g/mol. The first kappa shape index (κ1) is 22.4. The molecular formula is C25H38NO2+. The summed E-state index contributed by atoms with van der Waals surface area (Å²) in [4.78, 5) is 6.53. The summed E-state index contributed by atoms with van der Waals surface area (Å²) in [6, 6.07) is 21.1. The minimum Gasteiger partial charge on any atom is -0.491 e. The van der Waals surface area contributed by atoms with Crippen molar-refractivity contribution in [3.05, 3.63) is 66.2 Å². The van der Waals surface area contributed by atoms with Crippen LogP contribution in [0.25, 0.3) is 0 Å². The predicted molar refractivity (Wildman–Crippen MR) is 117 cm³/mol. The van der Waals surface area contributed by atoms with Gasteiger partial charge in [0, 0.05) is 18.4 Å². The standard InChI is InChI=1S/C25H38NO2/c1-21(2)18-24(19-22(3)4)26(5,20-23-12-8-6-9-13-23)28-17-16-27-25-14-10-7-11-15-25/h6-15,21-22,24H,16-20H2,1-5H3/q+1. The van der Waals surface area contributed by atoms with Crippen LogP contribution >= 0.6 is 0 Å². The number of para-hydroxylation sites is 1. The van der Waals surface area contributed by atoms with Gasteiger partial charge in [-0.2, -0.15) is 9.48 Å². The third kappa shape index (κ3) is 7.65. The highest BCUT2D eigenvalue weighted by Gasteiger charge is 2.36. The van der Waals surface area contributed by atoms with E-state index < -0.39 is 0 Å². The van der Waals surface area contributed by atoms with Gasteiger partial charge in [0.15, 0.2) is 0 Å². The molecule has 0 aromatic heterocycles. The van der Waals surface area contributed by atoms with Crippen molar-refractivity contribution in [3.8, 4) is 5.75 Å². The van der Waals surface area contributed by atoms with Crippen molar-refractivity contribution >= 4 is 0 Å². The van der Waals surface area contributed by atoms with Gasteiger partial charge in [-0.05, 0) is 24.0 Å². The van der Waals surface area contributed by atoms with Crippen LogP contribution in [0.3, 0.4) is 0 Å². The van der Waals surface area contributed by atoms with Crippen molar-refractivity contribution in [1.82, 2.24) is 0 Å². The first-order chi connectivity index (χ1) is 13.4. The first-order valence-electron chi connectivity index (χ1n) is 10.6. The maximum absolute atomic E-state index is 6.53. The Morgan fingerprint density at radius 3 is 1.82 bits per heavy atom. The largest absolute Gasteiger partial charge is 0.491 e. The van der Waals surface area contributed by atoms with E-state index in [4.69, 9.17) is 9.57 Å². The molecule has 2 rings (SSSR count). The zero-order valence-corrected chi connectivity index (χ0v) is 18.3. The van der Waals surface area contributed by atoms with Gasteiger partial charge < -0.3 is 4.74 Å². The molecule has 1 atom stereocenters. The van der Waals surface area contributed by atoms with Crippen LogP contribution in [-0.4, -0.2) is 30.9 Å². The van der Waals surface area contributed by atoms with E-state index in [1.807, 2.05) is 30.3 Å². The highest BCUT2D eigenvalue weighted by atomic mass is 16.7. The van der Waals surface area contributed by atoms with Gasteiger partial charge >= 0.3 is 0 Å². The van der Waals surface area contributed by atoms with E-state index in [1.54, 1.807) is 0 Å². The van der Waals surface area contributed by atoms with E-state index in [2.05, 4.69) is 65.1 Å². The second-order valence-corrected chi connectivity index (χ2v) is 8.73. The van der Waals surface area contributed by atoms with Gasteiger partial charge in [-0.3, -0.25) is 0 Å².